The number of thiophene rings is 1. The summed E-state index contributed by atoms with van der Waals surface area (Å²) >= 11 is 1.84. The van der Waals surface area contributed by atoms with Crippen molar-refractivity contribution in [3.63, 3.8) is 0 Å². The Kier molecular flexibility index (Phi) is 4.64. The largest absolute Gasteiger partial charge is 0.367 e. The molecular formula is C19H27N3S. The van der Waals surface area contributed by atoms with E-state index in [9.17, 15) is 0 Å². The van der Waals surface area contributed by atoms with Gasteiger partial charge < -0.3 is 14.7 Å². The molecule has 0 aliphatic carbocycles. The molecule has 0 spiro atoms. The second kappa shape index (κ2) is 6.54. The Morgan fingerprint density at radius 1 is 1.30 bits per heavy atom. The topological polar surface area (TPSA) is 9.72 Å². The molecule has 2 atom stereocenters. The number of rotatable bonds is 6. The van der Waals surface area contributed by atoms with Crippen LogP contribution >= 0.6 is 11.3 Å². The molecule has 4 heteroatoms. The number of nitrogens with zero attached hydrogens (tertiary/aromatic N) is 3. The third-order valence-corrected chi connectivity index (χ3v) is 5.76. The molecule has 3 saturated heterocycles. The first-order chi connectivity index (χ1) is 11.0. The Balaban J connectivity index is 1.58. The van der Waals surface area contributed by atoms with E-state index in [1.54, 1.807) is 0 Å². The van der Waals surface area contributed by atoms with Gasteiger partial charge in [-0.15, -0.1) is 11.3 Å². The summed E-state index contributed by atoms with van der Waals surface area (Å²) in [5.41, 5.74) is 2.34. The Bertz CT molecular complexity index is 616. The van der Waals surface area contributed by atoms with Gasteiger partial charge in [-0.05, 0) is 45.6 Å². The van der Waals surface area contributed by atoms with Gasteiger partial charge >= 0.3 is 0 Å². The van der Waals surface area contributed by atoms with E-state index in [2.05, 4.69) is 73.2 Å². The second-order valence-electron chi connectivity index (χ2n) is 6.87. The van der Waals surface area contributed by atoms with Crippen LogP contribution in [-0.2, 0) is 0 Å². The van der Waals surface area contributed by atoms with E-state index in [4.69, 9.17) is 0 Å². The average Bonchev–Trinajstić information content (AvgIpc) is 2.92. The molecule has 1 aromatic rings. The predicted octanol–water partition coefficient (Wildman–Crippen LogP) is 3.42. The number of fused-ring (bicyclic) bond motifs is 2. The molecule has 3 fully saturated rings. The Morgan fingerprint density at radius 2 is 2.00 bits per heavy atom. The fourth-order valence-corrected chi connectivity index (χ4v) is 4.40. The van der Waals surface area contributed by atoms with E-state index in [0.717, 1.165) is 25.3 Å². The summed E-state index contributed by atoms with van der Waals surface area (Å²) in [6.45, 7) is 13.8. The second-order valence-corrected chi connectivity index (χ2v) is 8.16. The quantitative estimate of drug-likeness (QED) is 0.741. The first kappa shape index (κ1) is 16.3. The highest BCUT2D eigenvalue weighted by atomic mass is 32.1. The SMILES string of the molecule is C=C(c1ccc(C)s1)N1CC2CC(C1)N2C(=C)/C=C/CN(C)C. The molecule has 23 heavy (non-hydrogen) atoms. The van der Waals surface area contributed by atoms with Crippen molar-refractivity contribution in [3.05, 3.63) is 52.9 Å². The summed E-state index contributed by atoms with van der Waals surface area (Å²) in [7, 11) is 4.17. The summed E-state index contributed by atoms with van der Waals surface area (Å²) in [5, 5.41) is 0. The maximum Gasteiger partial charge on any atom is 0.0500 e. The molecule has 0 aromatic carbocycles. The molecular weight excluding hydrogens is 302 g/mol. The molecule has 2 unspecified atom stereocenters. The highest BCUT2D eigenvalue weighted by Crippen LogP contribution is 2.38. The number of piperazine rings is 1. The molecule has 3 aliphatic heterocycles. The highest BCUT2D eigenvalue weighted by Gasteiger charge is 2.45. The van der Waals surface area contributed by atoms with E-state index in [1.165, 1.54) is 21.9 Å². The number of hydrogen-bond donors (Lipinski definition) is 0. The Morgan fingerprint density at radius 3 is 2.57 bits per heavy atom. The molecule has 1 aromatic heterocycles. The van der Waals surface area contributed by atoms with Crippen LogP contribution in [0.25, 0.3) is 5.70 Å². The van der Waals surface area contributed by atoms with Crippen molar-refractivity contribution in [3.8, 4) is 0 Å². The van der Waals surface area contributed by atoms with Crippen molar-refractivity contribution >= 4 is 17.0 Å². The number of hydrogen-bond acceptors (Lipinski definition) is 4. The lowest BCUT2D eigenvalue weighted by Gasteiger charge is -2.58. The van der Waals surface area contributed by atoms with Crippen molar-refractivity contribution in [2.24, 2.45) is 0 Å². The van der Waals surface area contributed by atoms with Crippen LogP contribution in [0.4, 0.5) is 0 Å². The highest BCUT2D eigenvalue weighted by molar-refractivity contribution is 7.13. The van der Waals surface area contributed by atoms with E-state index < -0.39 is 0 Å². The monoisotopic (exact) mass is 329 g/mol. The summed E-state index contributed by atoms with van der Waals surface area (Å²) in [4.78, 5) is 9.77. The van der Waals surface area contributed by atoms with E-state index in [-0.39, 0.29) is 0 Å². The molecule has 2 bridgehead atoms. The first-order valence-corrected chi connectivity index (χ1v) is 9.06. The smallest absolute Gasteiger partial charge is 0.0500 e. The van der Waals surface area contributed by atoms with Crippen LogP contribution in [0.15, 0.2) is 43.1 Å². The molecule has 0 saturated carbocycles. The van der Waals surface area contributed by atoms with Gasteiger partial charge in [-0.25, -0.2) is 0 Å². The van der Waals surface area contributed by atoms with Gasteiger partial charge in [-0.1, -0.05) is 19.2 Å². The van der Waals surface area contributed by atoms with Crippen LogP contribution in [0.5, 0.6) is 0 Å². The van der Waals surface area contributed by atoms with Gasteiger partial charge in [0, 0.05) is 48.0 Å². The first-order valence-electron chi connectivity index (χ1n) is 8.25. The number of likely N-dealkylation sites (N-methyl/N-ethyl adjacent to an activating group) is 1. The third-order valence-electron chi connectivity index (χ3n) is 4.71. The van der Waals surface area contributed by atoms with Crippen LogP contribution in [0, 0.1) is 6.92 Å². The minimum Gasteiger partial charge on any atom is -0.367 e. The Hall–Kier alpha value is -1.52. The van der Waals surface area contributed by atoms with E-state index in [0.29, 0.717) is 12.1 Å². The van der Waals surface area contributed by atoms with E-state index in [1.807, 2.05) is 11.3 Å². The predicted molar refractivity (Wildman–Crippen MR) is 101 cm³/mol. The fraction of sp³-hybridized carbons (Fsp3) is 0.474. The summed E-state index contributed by atoms with van der Waals surface area (Å²) < 4.78 is 0. The number of piperidine rings is 1. The van der Waals surface area contributed by atoms with Crippen LogP contribution in [0.1, 0.15) is 16.2 Å². The summed E-state index contributed by atoms with van der Waals surface area (Å²) in [6.07, 6.45) is 5.65. The standard InChI is InChI=1S/C19H27N3S/c1-14(7-6-10-20(4)5)22-17-11-18(22)13-21(12-17)16(3)19-9-8-15(2)23-19/h6-9,17-18H,1,3,10-13H2,2,4-5H3/b7-6+. The van der Waals surface area contributed by atoms with Gasteiger partial charge in [0.2, 0.25) is 0 Å². The maximum absolute atomic E-state index is 4.33. The van der Waals surface area contributed by atoms with Gasteiger partial charge in [0.25, 0.3) is 0 Å². The molecule has 0 amide bonds. The van der Waals surface area contributed by atoms with Gasteiger partial charge in [0.1, 0.15) is 0 Å². The molecule has 4 heterocycles. The van der Waals surface area contributed by atoms with E-state index >= 15 is 0 Å². The minimum atomic E-state index is 0.586. The van der Waals surface area contributed by atoms with Crippen molar-refractivity contribution in [2.45, 2.75) is 25.4 Å². The lowest BCUT2D eigenvalue weighted by atomic mass is 9.86. The van der Waals surface area contributed by atoms with Crippen LogP contribution in [-0.4, -0.2) is 60.5 Å². The molecule has 4 rings (SSSR count). The van der Waals surface area contributed by atoms with Crippen molar-refractivity contribution < 1.29 is 0 Å². The maximum atomic E-state index is 4.33. The number of aryl methyl sites for hydroxylation is 1. The Labute approximate surface area is 144 Å². The van der Waals surface area contributed by atoms with Gasteiger partial charge in [-0.2, -0.15) is 0 Å². The van der Waals surface area contributed by atoms with Crippen LogP contribution in [0.3, 0.4) is 0 Å². The molecule has 124 valence electrons. The third kappa shape index (κ3) is 3.38. The minimum absolute atomic E-state index is 0.586. The van der Waals surface area contributed by atoms with Crippen molar-refractivity contribution in [1.82, 2.24) is 14.7 Å². The molecule has 0 radical (unpaired) electrons. The van der Waals surface area contributed by atoms with Gasteiger partial charge in [0.05, 0.1) is 4.88 Å². The van der Waals surface area contributed by atoms with Crippen LogP contribution < -0.4 is 0 Å². The zero-order valence-electron chi connectivity index (χ0n) is 14.5. The normalized spacial score (nSPS) is 23.5. The fourth-order valence-electron chi connectivity index (χ4n) is 3.53. The molecule has 3 nitrogen and oxygen atoms in total. The number of allylic oxidation sites excluding steroid dienone is 1. The van der Waals surface area contributed by atoms with Gasteiger partial charge in [0.15, 0.2) is 0 Å². The molecule has 0 N–H and O–H groups in total. The lowest BCUT2D eigenvalue weighted by Crippen LogP contribution is -2.67. The zero-order chi connectivity index (χ0) is 16.6. The van der Waals surface area contributed by atoms with Crippen LogP contribution in [0.2, 0.25) is 0 Å². The lowest BCUT2D eigenvalue weighted by molar-refractivity contribution is -0.0186. The summed E-state index contributed by atoms with van der Waals surface area (Å²) in [6, 6.07) is 5.55. The zero-order valence-corrected chi connectivity index (χ0v) is 15.3. The van der Waals surface area contributed by atoms with Crippen molar-refractivity contribution in [2.75, 3.05) is 33.7 Å². The van der Waals surface area contributed by atoms with Crippen molar-refractivity contribution in [1.29, 1.82) is 0 Å². The average molecular weight is 330 g/mol. The molecule has 3 aliphatic rings. The summed E-state index contributed by atoms with van der Waals surface area (Å²) in [5.74, 6) is 0. The van der Waals surface area contributed by atoms with Gasteiger partial charge in [-0.3, -0.25) is 0 Å².